The second-order valence-corrected chi connectivity index (χ2v) is 9.98. The highest BCUT2D eigenvalue weighted by molar-refractivity contribution is 6.00. The van der Waals surface area contributed by atoms with Gasteiger partial charge in [0.25, 0.3) is 0 Å². The van der Waals surface area contributed by atoms with Crippen molar-refractivity contribution >= 4 is 11.4 Å². The van der Waals surface area contributed by atoms with Crippen molar-refractivity contribution in [2.75, 3.05) is 14.2 Å². The zero-order valence-electron chi connectivity index (χ0n) is 20.6. The van der Waals surface area contributed by atoms with Crippen molar-refractivity contribution in [2.45, 2.75) is 32.6 Å². The molecular formula is C28H26N4O4. The van der Waals surface area contributed by atoms with Gasteiger partial charge in [0.2, 0.25) is 5.88 Å². The van der Waals surface area contributed by atoms with Crippen LogP contribution in [0.1, 0.15) is 43.7 Å². The number of allylic oxidation sites excluding steroid dienone is 2. The second kappa shape index (κ2) is 8.19. The maximum Gasteiger partial charge on any atom is 0.228 e. The SMILES string of the molecule is COc1ccc(-c2nc3c4c(ncn3n2)OC2=C(C(=O)CC(C)(C)C2)[C@H]4c2ccc(OC)cc2)cc1. The Morgan fingerprint density at radius 2 is 1.64 bits per heavy atom. The lowest BCUT2D eigenvalue weighted by molar-refractivity contribution is -0.118. The van der Waals surface area contributed by atoms with E-state index in [-0.39, 0.29) is 17.1 Å². The maximum absolute atomic E-state index is 13.5. The highest BCUT2D eigenvalue weighted by atomic mass is 16.5. The Bertz CT molecular complexity index is 1520. The molecule has 0 bridgehead atoms. The third kappa shape index (κ3) is 3.61. The van der Waals surface area contributed by atoms with E-state index in [9.17, 15) is 4.79 Å². The molecule has 1 aliphatic heterocycles. The Hall–Kier alpha value is -4.20. The molecule has 0 amide bonds. The number of carbonyl (C=O) groups is 1. The molecule has 0 unspecified atom stereocenters. The normalized spacial score (nSPS) is 18.4. The topological polar surface area (TPSA) is 87.8 Å². The molecule has 0 fully saturated rings. The minimum atomic E-state index is -0.373. The predicted octanol–water partition coefficient (Wildman–Crippen LogP) is 4.98. The Morgan fingerprint density at radius 1 is 0.972 bits per heavy atom. The van der Waals surface area contributed by atoms with Gasteiger partial charge in [-0.25, -0.2) is 14.5 Å². The predicted molar refractivity (Wildman–Crippen MR) is 133 cm³/mol. The number of hydrogen-bond donors (Lipinski definition) is 0. The zero-order chi connectivity index (χ0) is 25.0. The van der Waals surface area contributed by atoms with Crippen LogP contribution >= 0.6 is 0 Å². The first-order valence-corrected chi connectivity index (χ1v) is 11.8. The van der Waals surface area contributed by atoms with Gasteiger partial charge in [0, 0.05) is 29.9 Å². The molecule has 1 atom stereocenters. The molecule has 0 spiro atoms. The van der Waals surface area contributed by atoms with Crippen LogP contribution in [0.2, 0.25) is 0 Å². The lowest BCUT2D eigenvalue weighted by Gasteiger charge is -2.37. The molecule has 182 valence electrons. The fourth-order valence-electron chi connectivity index (χ4n) is 5.14. The number of carbonyl (C=O) groups excluding carboxylic acids is 1. The summed E-state index contributed by atoms with van der Waals surface area (Å²) >= 11 is 0. The van der Waals surface area contributed by atoms with Gasteiger partial charge >= 0.3 is 0 Å². The lowest BCUT2D eigenvalue weighted by Crippen LogP contribution is -2.33. The summed E-state index contributed by atoms with van der Waals surface area (Å²) < 4.78 is 18.6. The largest absolute Gasteiger partial charge is 0.497 e. The van der Waals surface area contributed by atoms with Gasteiger partial charge in [0.05, 0.1) is 19.8 Å². The summed E-state index contributed by atoms with van der Waals surface area (Å²) in [7, 11) is 3.27. The van der Waals surface area contributed by atoms with Gasteiger partial charge in [0.15, 0.2) is 17.3 Å². The summed E-state index contributed by atoms with van der Waals surface area (Å²) in [4.78, 5) is 23.0. The average molecular weight is 483 g/mol. The molecule has 8 nitrogen and oxygen atoms in total. The van der Waals surface area contributed by atoms with Crippen LogP contribution in [0.5, 0.6) is 17.4 Å². The number of ketones is 1. The molecule has 0 saturated carbocycles. The van der Waals surface area contributed by atoms with E-state index < -0.39 is 0 Å². The van der Waals surface area contributed by atoms with Gasteiger partial charge in [-0.1, -0.05) is 26.0 Å². The van der Waals surface area contributed by atoms with Crippen molar-refractivity contribution in [3.05, 3.63) is 77.3 Å². The van der Waals surface area contributed by atoms with Gasteiger partial charge in [-0.2, -0.15) is 0 Å². The van der Waals surface area contributed by atoms with Gasteiger partial charge in [-0.05, 0) is 47.4 Å². The Labute approximate surface area is 208 Å². The first-order valence-electron chi connectivity index (χ1n) is 11.8. The molecule has 0 radical (unpaired) electrons. The Morgan fingerprint density at radius 3 is 2.31 bits per heavy atom. The number of ether oxygens (including phenoxy) is 3. The summed E-state index contributed by atoms with van der Waals surface area (Å²) in [5.74, 6) is 2.92. The van der Waals surface area contributed by atoms with Crippen LogP contribution in [-0.2, 0) is 4.79 Å². The number of aromatic nitrogens is 4. The zero-order valence-corrected chi connectivity index (χ0v) is 20.6. The van der Waals surface area contributed by atoms with Crippen LogP contribution in [0.3, 0.4) is 0 Å². The smallest absolute Gasteiger partial charge is 0.228 e. The van der Waals surface area contributed by atoms with E-state index >= 15 is 0 Å². The summed E-state index contributed by atoms with van der Waals surface area (Å²) in [6.07, 6.45) is 2.73. The first-order chi connectivity index (χ1) is 17.4. The van der Waals surface area contributed by atoms with Gasteiger partial charge in [-0.3, -0.25) is 4.79 Å². The van der Waals surface area contributed by atoms with Crippen LogP contribution in [0.4, 0.5) is 0 Å². The van der Waals surface area contributed by atoms with Crippen molar-refractivity contribution in [1.82, 2.24) is 19.6 Å². The molecule has 0 saturated heterocycles. The number of hydrogen-bond acceptors (Lipinski definition) is 7. The fraction of sp³-hybridized carbons (Fsp3) is 0.286. The average Bonchev–Trinajstić information content (AvgIpc) is 3.31. The van der Waals surface area contributed by atoms with Crippen molar-refractivity contribution in [1.29, 1.82) is 0 Å². The van der Waals surface area contributed by atoms with Crippen molar-refractivity contribution in [3.63, 3.8) is 0 Å². The minimum absolute atomic E-state index is 0.0876. The summed E-state index contributed by atoms with van der Waals surface area (Å²) in [6, 6.07) is 15.4. The number of Topliss-reactive ketones (excluding diaryl/α,β-unsaturated/α-hetero) is 1. The fourth-order valence-corrected chi connectivity index (χ4v) is 5.14. The van der Waals surface area contributed by atoms with Gasteiger partial charge in [-0.15, -0.1) is 5.10 Å². The van der Waals surface area contributed by atoms with E-state index in [4.69, 9.17) is 19.2 Å². The molecule has 3 heterocycles. The number of fused-ring (bicyclic) bond motifs is 3. The van der Waals surface area contributed by atoms with E-state index in [0.29, 0.717) is 41.5 Å². The van der Waals surface area contributed by atoms with E-state index in [1.54, 1.807) is 25.1 Å². The molecule has 0 N–H and O–H groups in total. The van der Waals surface area contributed by atoms with Crippen LogP contribution in [-0.4, -0.2) is 39.6 Å². The summed E-state index contributed by atoms with van der Waals surface area (Å²) in [5.41, 5.74) is 3.64. The Balaban J connectivity index is 1.56. The van der Waals surface area contributed by atoms with E-state index in [2.05, 4.69) is 23.9 Å². The lowest BCUT2D eigenvalue weighted by atomic mass is 9.70. The first kappa shape index (κ1) is 22.3. The highest BCUT2D eigenvalue weighted by Gasteiger charge is 2.44. The molecule has 1 aliphatic carbocycles. The monoisotopic (exact) mass is 482 g/mol. The van der Waals surface area contributed by atoms with Crippen LogP contribution in [0.25, 0.3) is 17.0 Å². The van der Waals surface area contributed by atoms with Gasteiger partial charge < -0.3 is 14.2 Å². The van der Waals surface area contributed by atoms with Crippen LogP contribution in [0.15, 0.2) is 66.2 Å². The molecule has 2 aromatic carbocycles. The number of methoxy groups -OCH3 is 2. The Kier molecular flexibility index (Phi) is 5.07. The summed E-state index contributed by atoms with van der Waals surface area (Å²) in [6.45, 7) is 4.18. The number of rotatable bonds is 4. The molecule has 2 aromatic heterocycles. The molecule has 36 heavy (non-hydrogen) atoms. The highest BCUT2D eigenvalue weighted by Crippen LogP contribution is 2.50. The standard InChI is InChI=1S/C28H26N4O4/c1-28(2)13-20(33)23-21(14-28)36-27-24(22(23)16-5-9-18(34-3)10-6-16)26-30-25(31-32(26)15-29-27)17-7-11-19(35-4)12-8-17/h5-12,15,22H,13-14H2,1-4H3/t22-/m1/s1. The minimum Gasteiger partial charge on any atom is -0.497 e. The molecule has 4 aromatic rings. The van der Waals surface area contributed by atoms with E-state index in [1.165, 1.54) is 0 Å². The number of nitrogens with zero attached hydrogens (tertiary/aromatic N) is 4. The van der Waals surface area contributed by atoms with Crippen molar-refractivity contribution in [2.24, 2.45) is 5.41 Å². The molecule has 8 heteroatoms. The van der Waals surface area contributed by atoms with Gasteiger partial charge in [0.1, 0.15) is 23.6 Å². The van der Waals surface area contributed by atoms with Crippen LogP contribution < -0.4 is 14.2 Å². The third-order valence-electron chi connectivity index (χ3n) is 6.86. The van der Waals surface area contributed by atoms with Crippen molar-refractivity contribution in [3.8, 4) is 28.8 Å². The molecular weight excluding hydrogens is 456 g/mol. The van der Waals surface area contributed by atoms with Crippen molar-refractivity contribution < 1.29 is 19.0 Å². The van der Waals surface area contributed by atoms with E-state index in [0.717, 1.165) is 28.2 Å². The van der Waals surface area contributed by atoms with Crippen LogP contribution in [0, 0.1) is 5.41 Å². The maximum atomic E-state index is 13.5. The molecule has 6 rings (SSSR count). The number of benzene rings is 2. The second-order valence-electron chi connectivity index (χ2n) is 9.98. The van der Waals surface area contributed by atoms with E-state index in [1.807, 2.05) is 48.5 Å². The summed E-state index contributed by atoms with van der Waals surface area (Å²) in [5, 5.41) is 4.67. The quantitative estimate of drug-likeness (QED) is 0.406. The third-order valence-corrected chi connectivity index (χ3v) is 6.86. The molecule has 2 aliphatic rings.